The van der Waals surface area contributed by atoms with Crippen molar-refractivity contribution in [1.82, 2.24) is 15.3 Å². The molecule has 0 aliphatic carbocycles. The Hall–Kier alpha value is -2.56. The third-order valence-electron chi connectivity index (χ3n) is 2.44. The van der Waals surface area contributed by atoms with Crippen molar-refractivity contribution in [2.24, 2.45) is 0 Å². The molecule has 0 amide bonds. The molecule has 2 aromatic heterocycles. The predicted molar refractivity (Wildman–Crippen MR) is 60.4 cm³/mol. The number of rotatable bonds is 2. The molecule has 82 valence electrons. The summed E-state index contributed by atoms with van der Waals surface area (Å²) in [5, 5.41) is 7.49. The Labute approximate surface area is 96.1 Å². The number of hydrogen-bond acceptors (Lipinski definition) is 5. The summed E-state index contributed by atoms with van der Waals surface area (Å²) in [6, 6.07) is 10.8. The van der Waals surface area contributed by atoms with Gasteiger partial charge in [0.25, 0.3) is 0 Å². The van der Waals surface area contributed by atoms with Crippen molar-refractivity contribution in [2.75, 3.05) is 0 Å². The minimum atomic E-state index is 0.404. The molecule has 0 unspecified atom stereocenters. The largest absolute Gasteiger partial charge is 0.296 e. The van der Waals surface area contributed by atoms with Gasteiger partial charge in [-0.05, 0) is 34.6 Å². The minimum Gasteiger partial charge on any atom is -0.296 e. The van der Waals surface area contributed by atoms with Gasteiger partial charge in [-0.3, -0.25) is 4.79 Å². The molecule has 3 rings (SSSR count). The lowest BCUT2D eigenvalue weighted by Gasteiger charge is -2.00. The predicted octanol–water partition coefficient (Wildman–Crippen LogP) is 2.10. The number of nitrogens with zero attached hydrogens (tertiary/aromatic N) is 3. The Morgan fingerprint density at radius 2 is 1.94 bits per heavy atom. The molecule has 2 heterocycles. The van der Waals surface area contributed by atoms with Crippen LogP contribution in [-0.2, 0) is 0 Å². The Bertz CT molecular complexity index is 691. The van der Waals surface area contributed by atoms with E-state index in [2.05, 4.69) is 19.9 Å². The standard InChI is InChI=1S/C12H7N3O2/c16-7-9-2-1-3-10(13-9)8-4-5-11-12(6-8)15-17-14-11/h1-7H. The van der Waals surface area contributed by atoms with Gasteiger partial charge in [-0.2, -0.15) is 0 Å². The number of fused-ring (bicyclic) bond motifs is 1. The molecule has 5 nitrogen and oxygen atoms in total. The maximum atomic E-state index is 10.7. The maximum Gasteiger partial charge on any atom is 0.168 e. The minimum absolute atomic E-state index is 0.404. The molecular formula is C12H7N3O2. The second kappa shape index (κ2) is 3.79. The highest BCUT2D eigenvalue weighted by molar-refractivity contribution is 5.80. The van der Waals surface area contributed by atoms with Gasteiger partial charge < -0.3 is 0 Å². The van der Waals surface area contributed by atoms with Crippen LogP contribution in [0.15, 0.2) is 41.0 Å². The van der Waals surface area contributed by atoms with Gasteiger partial charge in [-0.25, -0.2) is 9.61 Å². The first kappa shape index (κ1) is 9.65. The van der Waals surface area contributed by atoms with Crippen LogP contribution >= 0.6 is 0 Å². The monoisotopic (exact) mass is 225 g/mol. The molecule has 3 aromatic rings. The maximum absolute atomic E-state index is 10.7. The smallest absolute Gasteiger partial charge is 0.168 e. The first-order valence-corrected chi connectivity index (χ1v) is 5.02. The van der Waals surface area contributed by atoms with Crippen molar-refractivity contribution >= 4 is 17.3 Å². The summed E-state index contributed by atoms with van der Waals surface area (Å²) < 4.78 is 4.62. The van der Waals surface area contributed by atoms with Crippen LogP contribution in [0.25, 0.3) is 22.3 Å². The van der Waals surface area contributed by atoms with Crippen LogP contribution in [0, 0.1) is 0 Å². The fourth-order valence-corrected chi connectivity index (χ4v) is 1.62. The summed E-state index contributed by atoms with van der Waals surface area (Å²) in [6.45, 7) is 0. The fourth-order valence-electron chi connectivity index (χ4n) is 1.62. The number of carbonyl (C=O) groups is 1. The normalized spacial score (nSPS) is 10.6. The van der Waals surface area contributed by atoms with Gasteiger partial charge in [0.2, 0.25) is 0 Å². The fraction of sp³-hybridized carbons (Fsp3) is 0. The highest BCUT2D eigenvalue weighted by Gasteiger charge is 2.05. The number of benzene rings is 1. The van der Waals surface area contributed by atoms with Gasteiger partial charge in [0.05, 0.1) is 5.69 Å². The van der Waals surface area contributed by atoms with Crippen LogP contribution in [0.5, 0.6) is 0 Å². The zero-order valence-electron chi connectivity index (χ0n) is 8.70. The van der Waals surface area contributed by atoms with Crippen LogP contribution in [0.2, 0.25) is 0 Å². The Balaban J connectivity index is 2.15. The number of carbonyl (C=O) groups excluding carboxylic acids is 1. The van der Waals surface area contributed by atoms with Gasteiger partial charge in [0, 0.05) is 5.56 Å². The second-order valence-electron chi connectivity index (χ2n) is 3.53. The molecule has 1 aromatic carbocycles. The summed E-state index contributed by atoms with van der Waals surface area (Å²) in [6.07, 6.45) is 0.722. The van der Waals surface area contributed by atoms with Crippen molar-refractivity contribution in [2.45, 2.75) is 0 Å². The van der Waals surface area contributed by atoms with Crippen molar-refractivity contribution in [1.29, 1.82) is 0 Å². The number of hydrogen-bond donors (Lipinski definition) is 0. The molecule has 0 atom stereocenters. The Morgan fingerprint density at radius 3 is 2.82 bits per heavy atom. The molecule has 17 heavy (non-hydrogen) atoms. The number of aromatic nitrogens is 3. The van der Waals surface area contributed by atoms with Gasteiger partial charge >= 0.3 is 0 Å². The third kappa shape index (κ3) is 1.67. The summed E-state index contributed by atoms with van der Waals surface area (Å²) in [7, 11) is 0. The zero-order chi connectivity index (χ0) is 11.7. The third-order valence-corrected chi connectivity index (χ3v) is 2.44. The average Bonchev–Trinajstić information content (AvgIpc) is 2.86. The van der Waals surface area contributed by atoms with E-state index in [1.54, 1.807) is 18.2 Å². The van der Waals surface area contributed by atoms with Crippen molar-refractivity contribution in [3.8, 4) is 11.3 Å². The van der Waals surface area contributed by atoms with Crippen LogP contribution in [-0.4, -0.2) is 21.6 Å². The molecule has 0 saturated carbocycles. The Kier molecular flexibility index (Phi) is 2.15. The topological polar surface area (TPSA) is 68.9 Å². The van der Waals surface area contributed by atoms with Crippen LogP contribution in [0.1, 0.15) is 10.5 Å². The number of pyridine rings is 1. The van der Waals surface area contributed by atoms with E-state index in [9.17, 15) is 4.79 Å². The second-order valence-corrected chi connectivity index (χ2v) is 3.53. The van der Waals surface area contributed by atoms with E-state index in [1.165, 1.54) is 0 Å². The molecular weight excluding hydrogens is 218 g/mol. The molecule has 0 aliphatic heterocycles. The SMILES string of the molecule is O=Cc1cccc(-c2ccc3nonc3c2)n1. The van der Waals surface area contributed by atoms with E-state index in [0.717, 1.165) is 17.5 Å². The molecule has 0 spiro atoms. The highest BCUT2D eigenvalue weighted by Crippen LogP contribution is 2.20. The summed E-state index contributed by atoms with van der Waals surface area (Å²) in [4.78, 5) is 14.9. The molecule has 0 N–H and O–H groups in total. The molecule has 0 radical (unpaired) electrons. The lowest BCUT2D eigenvalue weighted by Crippen LogP contribution is -1.89. The molecule has 0 aliphatic rings. The van der Waals surface area contributed by atoms with Crippen molar-refractivity contribution < 1.29 is 9.42 Å². The number of aldehydes is 1. The van der Waals surface area contributed by atoms with E-state index >= 15 is 0 Å². The molecule has 0 saturated heterocycles. The molecule has 5 heteroatoms. The van der Waals surface area contributed by atoms with E-state index < -0.39 is 0 Å². The first-order valence-electron chi connectivity index (χ1n) is 5.02. The Morgan fingerprint density at radius 1 is 1.06 bits per heavy atom. The van der Waals surface area contributed by atoms with E-state index in [1.807, 2.05) is 18.2 Å². The lowest BCUT2D eigenvalue weighted by atomic mass is 10.1. The first-order chi connectivity index (χ1) is 8.36. The van der Waals surface area contributed by atoms with E-state index in [4.69, 9.17) is 0 Å². The van der Waals surface area contributed by atoms with Crippen LogP contribution in [0.4, 0.5) is 0 Å². The van der Waals surface area contributed by atoms with E-state index in [-0.39, 0.29) is 0 Å². The van der Waals surface area contributed by atoms with Gasteiger partial charge in [0.15, 0.2) is 6.29 Å². The van der Waals surface area contributed by atoms with Gasteiger partial charge in [-0.1, -0.05) is 12.1 Å². The van der Waals surface area contributed by atoms with Gasteiger partial charge in [-0.15, -0.1) is 0 Å². The van der Waals surface area contributed by atoms with E-state index in [0.29, 0.717) is 16.7 Å². The van der Waals surface area contributed by atoms with Gasteiger partial charge in [0.1, 0.15) is 16.7 Å². The molecule has 0 fully saturated rings. The summed E-state index contributed by atoms with van der Waals surface area (Å²) in [5.74, 6) is 0. The zero-order valence-corrected chi connectivity index (χ0v) is 8.70. The highest BCUT2D eigenvalue weighted by atomic mass is 16.6. The quantitative estimate of drug-likeness (QED) is 0.624. The van der Waals surface area contributed by atoms with Crippen molar-refractivity contribution in [3.63, 3.8) is 0 Å². The average molecular weight is 225 g/mol. The van der Waals surface area contributed by atoms with Crippen molar-refractivity contribution in [3.05, 3.63) is 42.1 Å². The summed E-state index contributed by atoms with van der Waals surface area (Å²) >= 11 is 0. The van der Waals surface area contributed by atoms with Crippen LogP contribution < -0.4 is 0 Å². The van der Waals surface area contributed by atoms with Crippen LogP contribution in [0.3, 0.4) is 0 Å². The lowest BCUT2D eigenvalue weighted by molar-refractivity contribution is 0.111. The molecule has 0 bridgehead atoms. The summed E-state index contributed by atoms with van der Waals surface area (Å²) in [5.41, 5.74) is 3.36.